The number of β-amino-alcohol motifs (C(OH)–C–C–N with tert-alkyl or cyclic N) is 1. The molecule has 3 heterocycles. The van der Waals surface area contributed by atoms with Crippen LogP contribution in [0.15, 0.2) is 48.8 Å². The van der Waals surface area contributed by atoms with E-state index in [-0.39, 0.29) is 0 Å². The first kappa shape index (κ1) is 25.9. The van der Waals surface area contributed by atoms with Gasteiger partial charge in [-0.15, -0.1) is 0 Å². The molecule has 2 aromatic heterocycles. The molecule has 1 aromatic carbocycles. The lowest BCUT2D eigenvalue weighted by Crippen LogP contribution is -2.59. The van der Waals surface area contributed by atoms with Crippen LogP contribution in [0.4, 0.5) is 0 Å². The molecule has 1 aliphatic heterocycles. The van der Waals surface area contributed by atoms with E-state index < -0.39 is 11.5 Å². The second kappa shape index (κ2) is 10.6. The fourth-order valence-corrected chi connectivity index (χ4v) is 6.69. The summed E-state index contributed by atoms with van der Waals surface area (Å²) in [5, 5.41) is 20.3. The quantitative estimate of drug-likeness (QED) is 0.321. The summed E-state index contributed by atoms with van der Waals surface area (Å²) in [5.74, 6) is 0.0502. The molecule has 0 radical (unpaired) electrons. The number of pyridine rings is 1. The van der Waals surface area contributed by atoms with E-state index in [1.165, 1.54) is 55.9 Å². The molecule has 1 atom stereocenters. The Hall–Kier alpha value is -2.74. The molecular weight excluding hydrogens is 464 g/mol. The number of hydroxylamine groups is 1. The van der Waals surface area contributed by atoms with Crippen LogP contribution in [0.25, 0.3) is 11.0 Å². The minimum absolute atomic E-state index is 0.429. The highest BCUT2D eigenvalue weighted by atomic mass is 16.5. The molecule has 7 nitrogen and oxygen atoms in total. The number of carbonyl (C=O) groups excluding carboxylic acids is 1. The molecule has 3 aromatic rings. The summed E-state index contributed by atoms with van der Waals surface area (Å²) in [4.78, 5) is 18.8. The summed E-state index contributed by atoms with van der Waals surface area (Å²) in [7, 11) is 0. The van der Waals surface area contributed by atoms with Gasteiger partial charge >= 0.3 is 0 Å². The van der Waals surface area contributed by atoms with Gasteiger partial charge in [-0.25, -0.2) is 10.5 Å². The molecule has 0 bridgehead atoms. The maximum atomic E-state index is 11.6. The number of aromatic nitrogens is 2. The third kappa shape index (κ3) is 5.89. The zero-order valence-electron chi connectivity index (χ0n) is 22.1. The van der Waals surface area contributed by atoms with Crippen molar-refractivity contribution in [1.82, 2.24) is 19.9 Å². The zero-order chi connectivity index (χ0) is 26.0. The molecule has 2 aliphatic rings. The van der Waals surface area contributed by atoms with Crippen LogP contribution < -0.4 is 5.48 Å². The Morgan fingerprint density at radius 2 is 1.81 bits per heavy atom. The Labute approximate surface area is 219 Å². The summed E-state index contributed by atoms with van der Waals surface area (Å²) in [6.07, 6.45) is 12.9. The van der Waals surface area contributed by atoms with E-state index in [4.69, 9.17) is 10.2 Å². The Morgan fingerprint density at radius 1 is 1.08 bits per heavy atom. The number of likely N-dealkylation sites (tertiary alicyclic amines) is 1. The van der Waals surface area contributed by atoms with Gasteiger partial charge in [0.05, 0.1) is 5.60 Å². The Kier molecular flexibility index (Phi) is 7.39. The molecule has 1 saturated heterocycles. The summed E-state index contributed by atoms with van der Waals surface area (Å²) >= 11 is 0. The number of nitrogens with zero attached hydrogens (tertiary/aromatic N) is 3. The van der Waals surface area contributed by atoms with E-state index in [2.05, 4.69) is 27.8 Å². The van der Waals surface area contributed by atoms with Crippen molar-refractivity contribution in [2.75, 3.05) is 19.6 Å². The smallest absolute Gasteiger partial charge is 0.274 e. The first-order valence-electron chi connectivity index (χ1n) is 13.7. The lowest BCUT2D eigenvalue weighted by molar-refractivity contribution is -0.0630. The number of fused-ring (bicyclic) bond motifs is 1. The number of rotatable bonds is 6. The van der Waals surface area contributed by atoms with Crippen LogP contribution in [-0.2, 0) is 6.54 Å². The number of hydrogen-bond donors (Lipinski definition) is 3. The van der Waals surface area contributed by atoms with E-state index in [1.807, 2.05) is 32.2 Å². The number of carbonyl (C=O) groups is 1. The van der Waals surface area contributed by atoms with Crippen molar-refractivity contribution in [1.29, 1.82) is 0 Å². The van der Waals surface area contributed by atoms with Crippen LogP contribution in [0.3, 0.4) is 0 Å². The van der Waals surface area contributed by atoms with Crippen LogP contribution in [0, 0.1) is 5.41 Å². The van der Waals surface area contributed by atoms with Crippen molar-refractivity contribution in [2.24, 2.45) is 5.41 Å². The predicted molar refractivity (Wildman–Crippen MR) is 145 cm³/mol. The van der Waals surface area contributed by atoms with Crippen molar-refractivity contribution in [3.05, 3.63) is 65.5 Å². The highest BCUT2D eigenvalue weighted by molar-refractivity contribution is 5.93. The van der Waals surface area contributed by atoms with Crippen molar-refractivity contribution in [3.8, 4) is 0 Å². The molecule has 198 valence electrons. The maximum Gasteiger partial charge on any atom is 0.274 e. The van der Waals surface area contributed by atoms with Crippen LogP contribution in [0.5, 0.6) is 0 Å². The number of hydrogen-bond acceptors (Lipinski definition) is 5. The summed E-state index contributed by atoms with van der Waals surface area (Å²) in [6, 6.07) is 11.7. The highest BCUT2D eigenvalue weighted by Crippen LogP contribution is 2.44. The van der Waals surface area contributed by atoms with E-state index in [0.717, 1.165) is 30.8 Å². The van der Waals surface area contributed by atoms with Gasteiger partial charge in [-0.1, -0.05) is 31.4 Å². The average Bonchev–Trinajstić information content (AvgIpc) is 3.29. The van der Waals surface area contributed by atoms with E-state index in [1.54, 1.807) is 17.6 Å². The molecule has 37 heavy (non-hydrogen) atoms. The zero-order valence-corrected chi connectivity index (χ0v) is 22.1. The van der Waals surface area contributed by atoms with E-state index in [0.29, 0.717) is 23.4 Å². The van der Waals surface area contributed by atoms with Gasteiger partial charge in [0.15, 0.2) is 0 Å². The van der Waals surface area contributed by atoms with Gasteiger partial charge in [0.25, 0.3) is 5.91 Å². The minimum atomic E-state index is -0.617. The standard InChI is InChI=1S/C30H40N4O3/c1-29(2,36)19-33-20-30(21-33)14-4-3-6-23(7-5-15-30)25-12-16-31-27-26(25)13-17-34(27)18-22-8-10-24(11-9-22)28(35)32-37/h8-13,16-17,23,36-37H,3-7,14-15,18-21H2,1-2H3,(H,32,35). The second-order valence-electron chi connectivity index (χ2n) is 12.0. The average molecular weight is 505 g/mol. The summed E-state index contributed by atoms with van der Waals surface area (Å²) < 4.78 is 2.18. The van der Waals surface area contributed by atoms with Crippen LogP contribution >= 0.6 is 0 Å². The number of nitrogens with one attached hydrogen (secondary N) is 1. The van der Waals surface area contributed by atoms with Crippen molar-refractivity contribution in [2.45, 2.75) is 76.9 Å². The van der Waals surface area contributed by atoms with Crippen LogP contribution in [-0.4, -0.2) is 55.9 Å². The van der Waals surface area contributed by atoms with Gasteiger partial charge in [0, 0.05) is 49.5 Å². The van der Waals surface area contributed by atoms with Crippen LogP contribution in [0.1, 0.15) is 86.2 Å². The summed E-state index contributed by atoms with van der Waals surface area (Å²) in [6.45, 7) is 7.53. The van der Waals surface area contributed by atoms with Gasteiger partial charge < -0.3 is 9.67 Å². The SMILES string of the molecule is CC(C)(O)CN1CC2(CCCCC(c3ccnc4c3ccn4Cc3ccc(C(=O)NO)cc3)CCC2)C1. The van der Waals surface area contributed by atoms with Crippen LogP contribution in [0.2, 0.25) is 0 Å². The van der Waals surface area contributed by atoms with Gasteiger partial charge in [-0.05, 0) is 86.3 Å². The van der Waals surface area contributed by atoms with E-state index >= 15 is 0 Å². The van der Waals surface area contributed by atoms with E-state index in [9.17, 15) is 9.90 Å². The third-order valence-electron chi connectivity index (χ3n) is 8.30. The molecule has 1 saturated carbocycles. The number of aliphatic hydroxyl groups is 1. The molecule has 7 heteroatoms. The predicted octanol–water partition coefficient (Wildman–Crippen LogP) is 5.10. The second-order valence-corrected chi connectivity index (χ2v) is 12.0. The molecule has 1 unspecified atom stereocenters. The molecule has 1 amide bonds. The topological polar surface area (TPSA) is 90.6 Å². The fourth-order valence-electron chi connectivity index (χ4n) is 6.69. The largest absolute Gasteiger partial charge is 0.389 e. The van der Waals surface area contributed by atoms with Crippen molar-refractivity contribution < 1.29 is 15.1 Å². The van der Waals surface area contributed by atoms with Crippen molar-refractivity contribution >= 4 is 16.9 Å². The minimum Gasteiger partial charge on any atom is -0.389 e. The Balaban J connectivity index is 1.26. The lowest BCUT2D eigenvalue weighted by atomic mass is 9.72. The van der Waals surface area contributed by atoms with Gasteiger partial charge in [0.1, 0.15) is 5.65 Å². The maximum absolute atomic E-state index is 11.6. The molecule has 1 spiro atoms. The first-order valence-corrected chi connectivity index (χ1v) is 13.7. The van der Waals surface area contributed by atoms with Gasteiger partial charge in [-0.3, -0.25) is 14.9 Å². The Bertz CT molecular complexity index is 1220. The monoisotopic (exact) mass is 504 g/mol. The number of benzene rings is 1. The first-order chi connectivity index (χ1) is 17.8. The fraction of sp³-hybridized carbons (Fsp3) is 0.533. The van der Waals surface area contributed by atoms with Crippen molar-refractivity contribution in [3.63, 3.8) is 0 Å². The third-order valence-corrected chi connectivity index (χ3v) is 8.30. The molecular formula is C30H40N4O3. The van der Waals surface area contributed by atoms with Gasteiger partial charge in [-0.2, -0.15) is 0 Å². The summed E-state index contributed by atoms with van der Waals surface area (Å²) in [5.41, 5.74) is 5.44. The lowest BCUT2D eigenvalue weighted by Gasteiger charge is -2.52. The number of amides is 1. The highest BCUT2D eigenvalue weighted by Gasteiger charge is 2.43. The molecule has 3 N–H and O–H groups in total. The van der Waals surface area contributed by atoms with Gasteiger partial charge in [0.2, 0.25) is 0 Å². The normalized spacial score (nSPS) is 20.7. The molecule has 5 rings (SSSR count). The molecule has 1 aliphatic carbocycles. The molecule has 2 fully saturated rings. The Morgan fingerprint density at radius 3 is 2.54 bits per heavy atom.